The van der Waals surface area contributed by atoms with Gasteiger partial charge in [-0.3, -0.25) is 0 Å². The summed E-state index contributed by atoms with van der Waals surface area (Å²) < 4.78 is 16.1. The van der Waals surface area contributed by atoms with Gasteiger partial charge in [0.05, 0.1) is 0 Å². The van der Waals surface area contributed by atoms with Gasteiger partial charge in [0.1, 0.15) is 5.75 Å². The second-order valence-electron chi connectivity index (χ2n) is 6.47. The van der Waals surface area contributed by atoms with E-state index in [1.54, 1.807) is 12.1 Å². The molecule has 1 unspecified atom stereocenters. The molecule has 0 aliphatic heterocycles. The zero-order chi connectivity index (χ0) is 17.0. The van der Waals surface area contributed by atoms with E-state index in [1.807, 2.05) is 12.1 Å². The first-order valence-corrected chi connectivity index (χ1v) is 11.1. The second-order valence-corrected chi connectivity index (χ2v) is 8.26. The van der Waals surface area contributed by atoms with Crippen molar-refractivity contribution in [2.24, 2.45) is 0 Å². The highest BCUT2D eigenvalue weighted by molar-refractivity contribution is 7.52. The average molecular weight is 340 g/mol. The molecule has 1 atom stereocenters. The van der Waals surface area contributed by atoms with Crippen LogP contribution in [-0.2, 0) is 11.0 Å². The van der Waals surface area contributed by atoms with Crippen LogP contribution < -0.4 is 4.52 Å². The number of hydrogen-bond acceptors (Lipinski definition) is 2. The van der Waals surface area contributed by atoms with Gasteiger partial charge in [0.25, 0.3) is 0 Å². The second kappa shape index (κ2) is 11.7. The molecule has 0 aliphatic carbocycles. The summed E-state index contributed by atoms with van der Waals surface area (Å²) in [5.41, 5.74) is 1.26. The molecule has 1 aromatic carbocycles. The zero-order valence-electron chi connectivity index (χ0n) is 14.8. The van der Waals surface area contributed by atoms with Gasteiger partial charge in [0.2, 0.25) is 0 Å². The van der Waals surface area contributed by atoms with Crippen molar-refractivity contribution in [3.05, 3.63) is 29.8 Å². The van der Waals surface area contributed by atoms with E-state index in [0.717, 1.165) is 6.42 Å². The third-order valence-corrected chi connectivity index (χ3v) is 4.57. The van der Waals surface area contributed by atoms with Gasteiger partial charge in [-0.05, 0) is 30.5 Å². The molecule has 0 bridgehead atoms. The maximum Gasteiger partial charge on any atom is 0.373 e. The van der Waals surface area contributed by atoms with Crippen LogP contribution in [0.4, 0.5) is 0 Å². The van der Waals surface area contributed by atoms with Crippen molar-refractivity contribution in [3.8, 4) is 5.75 Å². The van der Waals surface area contributed by atoms with Crippen LogP contribution >= 0.6 is 7.60 Å². The normalized spacial score (nSPS) is 13.7. The Balaban J connectivity index is 2.04. The molecule has 1 rings (SSSR count). The van der Waals surface area contributed by atoms with Crippen molar-refractivity contribution < 1.29 is 14.0 Å². The van der Waals surface area contributed by atoms with Crippen LogP contribution in [0.25, 0.3) is 0 Å². The highest BCUT2D eigenvalue weighted by atomic mass is 31.2. The molecule has 0 spiro atoms. The first kappa shape index (κ1) is 20.3. The lowest BCUT2D eigenvalue weighted by Crippen LogP contribution is -1.91. The molecule has 0 saturated carbocycles. The predicted molar refractivity (Wildman–Crippen MR) is 98.4 cm³/mol. The van der Waals surface area contributed by atoms with Crippen molar-refractivity contribution >= 4 is 7.60 Å². The smallest absolute Gasteiger partial charge is 0.373 e. The molecular weight excluding hydrogens is 307 g/mol. The fraction of sp³-hybridized carbons (Fsp3) is 0.684. The number of aryl methyl sites for hydroxylation is 1. The summed E-state index contributed by atoms with van der Waals surface area (Å²) in [4.78, 5) is 9.18. The van der Waals surface area contributed by atoms with Crippen LogP contribution in [0.3, 0.4) is 0 Å². The Hall–Kier alpha value is -0.790. The Morgan fingerprint density at radius 2 is 1.35 bits per heavy atom. The summed E-state index contributed by atoms with van der Waals surface area (Å²) in [6.07, 6.45) is 14.6. The Bertz CT molecular complexity index is 450. The summed E-state index contributed by atoms with van der Waals surface area (Å²) >= 11 is 0. The first-order valence-electron chi connectivity index (χ1n) is 9.10. The Kier molecular flexibility index (Phi) is 10.3. The van der Waals surface area contributed by atoms with Gasteiger partial charge in [-0.25, -0.2) is 4.57 Å². The molecule has 3 nitrogen and oxygen atoms in total. The van der Waals surface area contributed by atoms with Crippen LogP contribution in [-0.4, -0.2) is 11.6 Å². The third-order valence-electron chi connectivity index (χ3n) is 4.02. The number of benzene rings is 1. The van der Waals surface area contributed by atoms with Gasteiger partial charge in [-0.2, -0.15) is 0 Å². The van der Waals surface area contributed by atoms with Gasteiger partial charge in [0, 0.05) is 6.66 Å². The summed E-state index contributed by atoms with van der Waals surface area (Å²) in [5, 5.41) is 0. The largest absolute Gasteiger partial charge is 0.425 e. The average Bonchev–Trinajstić information content (AvgIpc) is 2.49. The van der Waals surface area contributed by atoms with Crippen molar-refractivity contribution in [2.45, 2.75) is 77.6 Å². The Morgan fingerprint density at radius 3 is 1.83 bits per heavy atom. The van der Waals surface area contributed by atoms with Crippen LogP contribution in [0, 0.1) is 0 Å². The molecule has 0 heterocycles. The molecule has 4 heteroatoms. The van der Waals surface area contributed by atoms with E-state index in [1.165, 1.54) is 76.4 Å². The first-order chi connectivity index (χ1) is 11.0. The molecule has 0 fully saturated rings. The number of hydrogen-bond donors (Lipinski definition) is 1. The summed E-state index contributed by atoms with van der Waals surface area (Å²) in [7, 11) is -3.45. The Morgan fingerprint density at radius 1 is 0.870 bits per heavy atom. The fourth-order valence-corrected chi connectivity index (χ4v) is 3.24. The van der Waals surface area contributed by atoms with Crippen LogP contribution in [0.15, 0.2) is 24.3 Å². The predicted octanol–water partition coefficient (Wildman–Crippen LogP) is 6.34. The van der Waals surface area contributed by atoms with E-state index >= 15 is 0 Å². The summed E-state index contributed by atoms with van der Waals surface area (Å²) in [6.45, 7) is 3.46. The van der Waals surface area contributed by atoms with E-state index < -0.39 is 7.60 Å². The minimum absolute atomic E-state index is 0.463. The molecule has 23 heavy (non-hydrogen) atoms. The quantitative estimate of drug-likeness (QED) is 0.336. The lowest BCUT2D eigenvalue weighted by atomic mass is 10.0. The Labute approximate surface area is 142 Å². The SMILES string of the molecule is CCCCCCCCCCCCc1ccc(OP(C)(=O)O)cc1. The van der Waals surface area contributed by atoms with Gasteiger partial charge in [-0.1, -0.05) is 76.8 Å². The lowest BCUT2D eigenvalue weighted by Gasteiger charge is -2.09. The molecule has 132 valence electrons. The molecule has 0 aliphatic rings. The van der Waals surface area contributed by atoms with Gasteiger partial charge < -0.3 is 9.42 Å². The minimum atomic E-state index is -3.45. The molecular formula is C19H33O3P. The van der Waals surface area contributed by atoms with Gasteiger partial charge in [-0.15, -0.1) is 0 Å². The summed E-state index contributed by atoms with van der Waals surface area (Å²) in [6, 6.07) is 7.52. The van der Waals surface area contributed by atoms with E-state index in [2.05, 4.69) is 6.92 Å². The molecule has 0 amide bonds. The molecule has 1 N–H and O–H groups in total. The van der Waals surface area contributed by atoms with Crippen molar-refractivity contribution in [2.75, 3.05) is 6.66 Å². The topological polar surface area (TPSA) is 46.5 Å². The van der Waals surface area contributed by atoms with Crippen molar-refractivity contribution in [3.63, 3.8) is 0 Å². The zero-order valence-corrected chi connectivity index (χ0v) is 15.7. The monoisotopic (exact) mass is 340 g/mol. The van der Waals surface area contributed by atoms with E-state index in [4.69, 9.17) is 4.52 Å². The molecule has 0 saturated heterocycles. The minimum Gasteiger partial charge on any atom is -0.425 e. The van der Waals surface area contributed by atoms with Crippen LogP contribution in [0.1, 0.15) is 76.7 Å². The fourth-order valence-electron chi connectivity index (χ4n) is 2.73. The van der Waals surface area contributed by atoms with Crippen LogP contribution in [0.5, 0.6) is 5.75 Å². The van der Waals surface area contributed by atoms with E-state index in [9.17, 15) is 9.46 Å². The molecule has 0 aromatic heterocycles. The summed E-state index contributed by atoms with van der Waals surface area (Å²) in [5.74, 6) is 0.463. The standard InChI is InChI=1S/C19H33O3P/c1-3-4-5-6-7-8-9-10-11-12-13-18-14-16-19(17-15-18)22-23(2,20)21/h14-17H,3-13H2,1-2H3,(H,20,21). The van der Waals surface area contributed by atoms with Crippen molar-refractivity contribution in [1.82, 2.24) is 0 Å². The highest BCUT2D eigenvalue weighted by Crippen LogP contribution is 2.37. The number of unbranched alkanes of at least 4 members (excludes halogenated alkanes) is 9. The third kappa shape index (κ3) is 11.4. The van der Waals surface area contributed by atoms with Crippen molar-refractivity contribution in [1.29, 1.82) is 0 Å². The van der Waals surface area contributed by atoms with E-state index in [0.29, 0.717) is 5.75 Å². The van der Waals surface area contributed by atoms with E-state index in [-0.39, 0.29) is 0 Å². The van der Waals surface area contributed by atoms with Gasteiger partial charge in [0.15, 0.2) is 0 Å². The van der Waals surface area contributed by atoms with Gasteiger partial charge >= 0.3 is 7.60 Å². The maximum absolute atomic E-state index is 11.2. The number of rotatable bonds is 13. The maximum atomic E-state index is 11.2. The van der Waals surface area contributed by atoms with Crippen LogP contribution in [0.2, 0.25) is 0 Å². The molecule has 1 aromatic rings. The lowest BCUT2D eigenvalue weighted by molar-refractivity contribution is 0.387. The molecule has 0 radical (unpaired) electrons. The highest BCUT2D eigenvalue weighted by Gasteiger charge is 2.11.